The van der Waals surface area contributed by atoms with Gasteiger partial charge < -0.3 is 20.3 Å². The molecule has 0 spiro atoms. The van der Waals surface area contributed by atoms with Gasteiger partial charge in [0.2, 0.25) is 5.91 Å². The van der Waals surface area contributed by atoms with E-state index in [4.69, 9.17) is 4.74 Å². The van der Waals surface area contributed by atoms with Crippen LogP contribution in [0.2, 0.25) is 0 Å². The van der Waals surface area contributed by atoms with Gasteiger partial charge in [-0.3, -0.25) is 9.59 Å². The summed E-state index contributed by atoms with van der Waals surface area (Å²) in [5.74, 6) is -0.0133. The van der Waals surface area contributed by atoms with Crippen LogP contribution in [0.5, 0.6) is 0 Å². The molecule has 468 valence electrons. The molecule has 0 heterocycles. The highest BCUT2D eigenvalue weighted by molar-refractivity contribution is 5.76. The largest absolute Gasteiger partial charge is 0.466 e. The van der Waals surface area contributed by atoms with E-state index in [-0.39, 0.29) is 18.5 Å². The Labute approximate surface area is 494 Å². The number of rotatable bonds is 68. The fraction of sp³-hybridized carbons (Fsp3) is 0.918. The number of aliphatic hydroxyl groups excluding tert-OH is 2. The summed E-state index contributed by atoms with van der Waals surface area (Å²) < 4.78 is 5.51. The van der Waals surface area contributed by atoms with Crippen LogP contribution < -0.4 is 5.32 Å². The van der Waals surface area contributed by atoms with Crippen molar-refractivity contribution in [3.63, 3.8) is 0 Å². The summed E-state index contributed by atoms with van der Waals surface area (Å²) in [6.07, 6.45) is 86.8. The zero-order valence-corrected chi connectivity index (χ0v) is 53.6. The molecule has 2 atom stereocenters. The van der Waals surface area contributed by atoms with Gasteiger partial charge >= 0.3 is 5.97 Å². The molecule has 0 aromatic carbocycles. The SMILES string of the molecule is CCCCCCCCCCCCCCCCCCCCCC(=O)OCCCCCCCCCCC/C=C\C/C=C\CCCCCCCCCCCCCCCCCCCC(=O)NC(CO)C(O)CCCCCCCCCCCC. The van der Waals surface area contributed by atoms with Crippen LogP contribution in [0.4, 0.5) is 0 Å². The lowest BCUT2D eigenvalue weighted by Gasteiger charge is -2.22. The Hall–Kier alpha value is -1.66. The number of unbranched alkanes of at least 4 members (excludes halogenated alkanes) is 53. The summed E-state index contributed by atoms with van der Waals surface area (Å²) in [6.45, 7) is 4.97. The zero-order chi connectivity index (χ0) is 57.1. The number of aliphatic hydroxyl groups is 2. The van der Waals surface area contributed by atoms with Crippen molar-refractivity contribution in [2.75, 3.05) is 13.2 Å². The maximum absolute atomic E-state index is 12.4. The summed E-state index contributed by atoms with van der Waals surface area (Å²) in [4.78, 5) is 24.6. The fourth-order valence-corrected chi connectivity index (χ4v) is 11.5. The minimum atomic E-state index is -0.661. The molecule has 0 aromatic rings. The monoisotopic (exact) mass is 1110 g/mol. The first-order valence-corrected chi connectivity index (χ1v) is 36.1. The van der Waals surface area contributed by atoms with E-state index in [1.165, 1.54) is 327 Å². The highest BCUT2D eigenvalue weighted by Crippen LogP contribution is 2.19. The number of ether oxygens (including phenoxy) is 1. The molecule has 0 aliphatic heterocycles. The molecule has 0 aliphatic carbocycles. The third-order valence-electron chi connectivity index (χ3n) is 17.0. The number of hydrogen-bond donors (Lipinski definition) is 3. The Morgan fingerprint density at radius 3 is 0.962 bits per heavy atom. The van der Waals surface area contributed by atoms with E-state index in [1.807, 2.05) is 0 Å². The van der Waals surface area contributed by atoms with Crippen LogP contribution in [0.15, 0.2) is 24.3 Å². The molecule has 0 aromatic heterocycles. The maximum Gasteiger partial charge on any atom is 0.305 e. The minimum Gasteiger partial charge on any atom is -0.466 e. The van der Waals surface area contributed by atoms with Gasteiger partial charge in [-0.15, -0.1) is 0 Å². The molecule has 0 saturated carbocycles. The quantitative estimate of drug-likeness (QED) is 0.0320. The zero-order valence-electron chi connectivity index (χ0n) is 53.6. The van der Waals surface area contributed by atoms with Gasteiger partial charge in [-0.2, -0.15) is 0 Å². The number of esters is 1. The molecular weight excluding hydrogens is 971 g/mol. The molecule has 0 fully saturated rings. The van der Waals surface area contributed by atoms with E-state index >= 15 is 0 Å². The van der Waals surface area contributed by atoms with E-state index in [1.54, 1.807) is 0 Å². The lowest BCUT2D eigenvalue weighted by Crippen LogP contribution is -2.45. The molecule has 2 unspecified atom stereocenters. The molecule has 0 rings (SSSR count). The first-order valence-electron chi connectivity index (χ1n) is 36.1. The van der Waals surface area contributed by atoms with Gasteiger partial charge in [0.25, 0.3) is 0 Å². The molecule has 0 radical (unpaired) electrons. The van der Waals surface area contributed by atoms with E-state index in [0.29, 0.717) is 25.9 Å². The van der Waals surface area contributed by atoms with Gasteiger partial charge in [-0.1, -0.05) is 359 Å². The van der Waals surface area contributed by atoms with Gasteiger partial charge in [0.15, 0.2) is 0 Å². The van der Waals surface area contributed by atoms with Crippen LogP contribution in [0, 0.1) is 0 Å². The average molecular weight is 1110 g/mol. The van der Waals surface area contributed by atoms with Gasteiger partial charge in [0.05, 0.1) is 25.4 Å². The first kappa shape index (κ1) is 77.3. The number of carbonyl (C=O) groups excluding carboxylic acids is 2. The summed E-state index contributed by atoms with van der Waals surface area (Å²) in [5, 5.41) is 23.2. The Morgan fingerprint density at radius 1 is 0.354 bits per heavy atom. The average Bonchev–Trinajstić information content (AvgIpc) is 3.45. The van der Waals surface area contributed by atoms with Crippen LogP contribution >= 0.6 is 0 Å². The van der Waals surface area contributed by atoms with Crippen LogP contribution in [-0.2, 0) is 14.3 Å². The minimum absolute atomic E-state index is 0.0196. The number of hydrogen-bond acceptors (Lipinski definition) is 5. The normalized spacial score (nSPS) is 12.6. The molecule has 1 amide bonds. The second-order valence-electron chi connectivity index (χ2n) is 24.9. The van der Waals surface area contributed by atoms with E-state index in [0.717, 1.165) is 44.9 Å². The second-order valence-corrected chi connectivity index (χ2v) is 24.9. The topological polar surface area (TPSA) is 95.9 Å². The van der Waals surface area contributed by atoms with E-state index in [2.05, 4.69) is 43.5 Å². The molecule has 79 heavy (non-hydrogen) atoms. The van der Waals surface area contributed by atoms with Crippen LogP contribution in [0.25, 0.3) is 0 Å². The van der Waals surface area contributed by atoms with Crippen LogP contribution in [0.3, 0.4) is 0 Å². The summed E-state index contributed by atoms with van der Waals surface area (Å²) in [7, 11) is 0. The van der Waals surface area contributed by atoms with Gasteiger partial charge in [0.1, 0.15) is 0 Å². The maximum atomic E-state index is 12.4. The predicted molar refractivity (Wildman–Crippen MR) is 347 cm³/mol. The second kappa shape index (κ2) is 68.8. The van der Waals surface area contributed by atoms with Crippen molar-refractivity contribution in [1.29, 1.82) is 0 Å². The van der Waals surface area contributed by atoms with Crippen molar-refractivity contribution in [3.8, 4) is 0 Å². The molecule has 0 bridgehead atoms. The van der Waals surface area contributed by atoms with Crippen molar-refractivity contribution in [3.05, 3.63) is 24.3 Å². The van der Waals surface area contributed by atoms with Crippen LogP contribution in [-0.4, -0.2) is 47.4 Å². The van der Waals surface area contributed by atoms with Crippen LogP contribution in [0.1, 0.15) is 406 Å². The first-order chi connectivity index (χ1) is 39.0. The lowest BCUT2D eigenvalue weighted by molar-refractivity contribution is -0.143. The molecule has 0 saturated heterocycles. The van der Waals surface area contributed by atoms with Gasteiger partial charge in [-0.05, 0) is 57.8 Å². The van der Waals surface area contributed by atoms with Crippen molar-refractivity contribution < 1.29 is 24.5 Å². The molecule has 0 aliphatic rings. The third-order valence-corrected chi connectivity index (χ3v) is 17.0. The Balaban J connectivity index is 3.33. The number of carbonyl (C=O) groups is 2. The standard InChI is InChI=1S/C73H141NO5/c1-3-5-7-9-11-13-15-16-17-18-34-38-41-44-47-51-55-59-63-67-73(78)79-68-64-60-56-52-48-45-42-39-36-33-31-29-27-25-23-21-19-20-22-24-26-28-30-32-35-37-40-43-46-50-54-58-62-66-72(77)74-70(69-75)71(76)65-61-57-53-49-14-12-10-8-6-4-2/h23,25,29,31,70-71,75-76H,3-22,24,26-28,30,32-69H2,1-2H3,(H,74,77)/b25-23-,31-29-. The molecule has 3 N–H and O–H groups in total. The van der Waals surface area contributed by atoms with Crippen molar-refractivity contribution in [2.24, 2.45) is 0 Å². The molecule has 6 nitrogen and oxygen atoms in total. The third kappa shape index (κ3) is 65.4. The number of amides is 1. The van der Waals surface area contributed by atoms with Gasteiger partial charge in [-0.25, -0.2) is 0 Å². The summed E-state index contributed by atoms with van der Waals surface area (Å²) in [5.41, 5.74) is 0. The van der Waals surface area contributed by atoms with Gasteiger partial charge in [0, 0.05) is 12.8 Å². The molecular formula is C73H141NO5. The Kier molecular flexibility index (Phi) is 67.4. The highest BCUT2D eigenvalue weighted by atomic mass is 16.5. The highest BCUT2D eigenvalue weighted by Gasteiger charge is 2.20. The Morgan fingerprint density at radius 2 is 0.633 bits per heavy atom. The van der Waals surface area contributed by atoms with Crippen molar-refractivity contribution in [1.82, 2.24) is 5.32 Å². The van der Waals surface area contributed by atoms with E-state index in [9.17, 15) is 19.8 Å². The van der Waals surface area contributed by atoms with Crippen molar-refractivity contribution in [2.45, 2.75) is 418 Å². The smallest absolute Gasteiger partial charge is 0.305 e. The van der Waals surface area contributed by atoms with E-state index < -0.39 is 12.1 Å². The molecule has 6 heteroatoms. The Bertz CT molecular complexity index is 1230. The van der Waals surface area contributed by atoms with Crippen molar-refractivity contribution >= 4 is 11.9 Å². The summed E-state index contributed by atoms with van der Waals surface area (Å²) in [6, 6.07) is -0.538. The number of allylic oxidation sites excluding steroid dienone is 4. The summed E-state index contributed by atoms with van der Waals surface area (Å²) >= 11 is 0. The lowest BCUT2D eigenvalue weighted by atomic mass is 10.0. The predicted octanol–water partition coefficient (Wildman–Crippen LogP) is 23.3. The number of nitrogens with one attached hydrogen (secondary N) is 1. The fourth-order valence-electron chi connectivity index (χ4n) is 11.5.